The van der Waals surface area contributed by atoms with Crippen molar-refractivity contribution in [2.24, 2.45) is 0 Å². The van der Waals surface area contributed by atoms with Gasteiger partial charge in [0.05, 0.1) is 17.4 Å². The SMILES string of the molecule is CC(NCC(=O)NCC(=O)Nc1ccc(F)c(F)c1)c1ccc(Cl)s1. The maximum atomic E-state index is 13.0. The third-order valence-corrected chi connectivity index (χ3v) is 4.65. The smallest absolute Gasteiger partial charge is 0.243 e. The third kappa shape index (κ3) is 6.08. The molecule has 2 aromatic rings. The highest BCUT2D eigenvalue weighted by Crippen LogP contribution is 2.26. The van der Waals surface area contributed by atoms with Crippen molar-refractivity contribution in [2.75, 3.05) is 18.4 Å². The molecule has 0 aliphatic carbocycles. The number of anilines is 1. The molecule has 0 spiro atoms. The Bertz CT molecular complexity index is 770. The summed E-state index contributed by atoms with van der Waals surface area (Å²) < 4.78 is 26.5. The van der Waals surface area contributed by atoms with E-state index in [1.807, 2.05) is 13.0 Å². The molecule has 1 atom stereocenters. The highest BCUT2D eigenvalue weighted by Gasteiger charge is 2.11. The van der Waals surface area contributed by atoms with Crippen molar-refractivity contribution in [2.45, 2.75) is 13.0 Å². The molecule has 1 heterocycles. The lowest BCUT2D eigenvalue weighted by molar-refractivity contribution is -0.123. The molecule has 134 valence electrons. The number of nitrogens with one attached hydrogen (secondary N) is 3. The summed E-state index contributed by atoms with van der Waals surface area (Å²) in [5.41, 5.74) is 0.111. The van der Waals surface area contributed by atoms with Crippen LogP contribution in [0.2, 0.25) is 4.34 Å². The van der Waals surface area contributed by atoms with Gasteiger partial charge >= 0.3 is 0 Å². The number of thiophene rings is 1. The average molecular weight is 388 g/mol. The van der Waals surface area contributed by atoms with Crippen LogP contribution in [-0.2, 0) is 9.59 Å². The summed E-state index contributed by atoms with van der Waals surface area (Å²) in [6.45, 7) is 1.64. The van der Waals surface area contributed by atoms with Crippen LogP contribution < -0.4 is 16.0 Å². The molecule has 1 aromatic carbocycles. The molecule has 3 N–H and O–H groups in total. The van der Waals surface area contributed by atoms with Crippen LogP contribution in [-0.4, -0.2) is 24.9 Å². The molecule has 0 bridgehead atoms. The standard InChI is InChI=1S/C16H16ClF2N3O2S/c1-9(13-4-5-14(17)25-13)20-7-15(23)21-8-16(24)22-10-2-3-11(18)12(19)6-10/h2-6,9,20H,7-8H2,1H3,(H,21,23)(H,22,24). The Hall–Kier alpha value is -2.03. The number of carbonyl (C=O) groups is 2. The molecule has 0 saturated heterocycles. The molecular weight excluding hydrogens is 372 g/mol. The maximum absolute atomic E-state index is 13.0. The summed E-state index contributed by atoms with van der Waals surface area (Å²) >= 11 is 7.28. The second-order valence-electron chi connectivity index (χ2n) is 5.20. The van der Waals surface area contributed by atoms with E-state index in [1.165, 1.54) is 17.4 Å². The van der Waals surface area contributed by atoms with E-state index in [9.17, 15) is 18.4 Å². The molecule has 0 aliphatic heterocycles. The summed E-state index contributed by atoms with van der Waals surface area (Å²) in [5, 5.41) is 7.82. The van der Waals surface area contributed by atoms with E-state index in [1.54, 1.807) is 6.07 Å². The minimum absolute atomic E-state index is 0.0230. The van der Waals surface area contributed by atoms with Crippen LogP contribution in [0.5, 0.6) is 0 Å². The highest BCUT2D eigenvalue weighted by atomic mass is 35.5. The van der Waals surface area contributed by atoms with Gasteiger partial charge in [0.1, 0.15) is 0 Å². The topological polar surface area (TPSA) is 70.2 Å². The van der Waals surface area contributed by atoms with Crippen molar-refractivity contribution in [3.63, 3.8) is 0 Å². The van der Waals surface area contributed by atoms with Crippen molar-refractivity contribution in [3.8, 4) is 0 Å². The first kappa shape index (κ1) is 19.3. The lowest BCUT2D eigenvalue weighted by Gasteiger charge is -2.12. The van der Waals surface area contributed by atoms with E-state index >= 15 is 0 Å². The molecule has 0 fully saturated rings. The van der Waals surface area contributed by atoms with E-state index in [-0.39, 0.29) is 30.7 Å². The van der Waals surface area contributed by atoms with Gasteiger partial charge in [0.25, 0.3) is 0 Å². The van der Waals surface area contributed by atoms with E-state index < -0.39 is 17.5 Å². The number of hydrogen-bond acceptors (Lipinski definition) is 4. The number of carbonyl (C=O) groups excluding carboxylic acids is 2. The third-order valence-electron chi connectivity index (χ3n) is 3.24. The van der Waals surface area contributed by atoms with Crippen molar-refractivity contribution in [1.29, 1.82) is 0 Å². The Labute approximate surface area is 152 Å². The maximum Gasteiger partial charge on any atom is 0.243 e. The van der Waals surface area contributed by atoms with E-state index in [4.69, 9.17) is 11.6 Å². The van der Waals surface area contributed by atoms with Crippen LogP contribution in [0.4, 0.5) is 14.5 Å². The Kier molecular flexibility index (Phi) is 6.86. The van der Waals surface area contributed by atoms with Gasteiger partial charge in [-0.2, -0.15) is 0 Å². The molecule has 1 unspecified atom stereocenters. The van der Waals surface area contributed by atoms with Gasteiger partial charge in [-0.1, -0.05) is 11.6 Å². The summed E-state index contributed by atoms with van der Waals surface area (Å²) in [6.07, 6.45) is 0. The average Bonchev–Trinajstić information content (AvgIpc) is 3.00. The van der Waals surface area contributed by atoms with Crippen LogP contribution in [0.1, 0.15) is 17.8 Å². The Balaban J connectivity index is 1.71. The first-order chi connectivity index (χ1) is 11.8. The zero-order valence-electron chi connectivity index (χ0n) is 13.2. The fourth-order valence-electron chi connectivity index (χ4n) is 1.93. The van der Waals surface area contributed by atoms with Gasteiger partial charge in [-0.25, -0.2) is 8.78 Å². The number of amides is 2. The lowest BCUT2D eigenvalue weighted by Crippen LogP contribution is -2.39. The van der Waals surface area contributed by atoms with Crippen LogP contribution in [0.25, 0.3) is 0 Å². The van der Waals surface area contributed by atoms with Gasteiger partial charge in [0.2, 0.25) is 11.8 Å². The van der Waals surface area contributed by atoms with Gasteiger partial charge in [0.15, 0.2) is 11.6 Å². The van der Waals surface area contributed by atoms with E-state index in [0.29, 0.717) is 4.34 Å². The van der Waals surface area contributed by atoms with E-state index in [0.717, 1.165) is 17.0 Å². The zero-order chi connectivity index (χ0) is 18.4. The number of benzene rings is 1. The molecule has 1 aromatic heterocycles. The molecule has 25 heavy (non-hydrogen) atoms. The highest BCUT2D eigenvalue weighted by molar-refractivity contribution is 7.16. The summed E-state index contributed by atoms with van der Waals surface area (Å²) in [7, 11) is 0. The van der Waals surface area contributed by atoms with Crippen LogP contribution >= 0.6 is 22.9 Å². The molecule has 0 radical (unpaired) electrons. The number of hydrogen-bond donors (Lipinski definition) is 3. The van der Waals surface area contributed by atoms with Gasteiger partial charge in [-0.3, -0.25) is 9.59 Å². The number of rotatable bonds is 7. The predicted molar refractivity (Wildman–Crippen MR) is 93.7 cm³/mol. The molecular formula is C16H16ClF2N3O2S. The minimum atomic E-state index is -1.06. The second kappa shape index (κ2) is 8.89. The first-order valence-corrected chi connectivity index (χ1v) is 8.55. The summed E-state index contributed by atoms with van der Waals surface area (Å²) in [6, 6.07) is 6.60. The molecule has 9 heteroatoms. The summed E-state index contributed by atoms with van der Waals surface area (Å²) in [5.74, 6) is -2.97. The molecule has 0 aliphatic rings. The van der Waals surface area contributed by atoms with Crippen molar-refractivity contribution < 1.29 is 18.4 Å². The van der Waals surface area contributed by atoms with Crippen LogP contribution in [0.15, 0.2) is 30.3 Å². The van der Waals surface area contributed by atoms with Crippen molar-refractivity contribution in [1.82, 2.24) is 10.6 Å². The predicted octanol–water partition coefficient (Wildman–Crippen LogP) is 3.09. The van der Waals surface area contributed by atoms with Crippen molar-refractivity contribution >= 4 is 40.4 Å². The molecule has 5 nitrogen and oxygen atoms in total. The monoisotopic (exact) mass is 387 g/mol. The molecule has 0 saturated carbocycles. The van der Waals surface area contributed by atoms with Gasteiger partial charge < -0.3 is 16.0 Å². The van der Waals surface area contributed by atoms with Crippen LogP contribution in [0, 0.1) is 11.6 Å². The molecule has 2 amide bonds. The second-order valence-corrected chi connectivity index (χ2v) is 6.94. The Morgan fingerprint density at radius 1 is 1.12 bits per heavy atom. The fraction of sp³-hybridized carbons (Fsp3) is 0.250. The van der Waals surface area contributed by atoms with Gasteiger partial charge in [-0.05, 0) is 31.2 Å². The normalized spacial score (nSPS) is 11.8. The fourth-order valence-corrected chi connectivity index (χ4v) is 3.02. The Morgan fingerprint density at radius 3 is 2.52 bits per heavy atom. The quantitative estimate of drug-likeness (QED) is 0.683. The minimum Gasteiger partial charge on any atom is -0.346 e. The first-order valence-electron chi connectivity index (χ1n) is 7.35. The Morgan fingerprint density at radius 2 is 1.88 bits per heavy atom. The number of halogens is 3. The van der Waals surface area contributed by atoms with Gasteiger partial charge in [-0.15, -0.1) is 11.3 Å². The molecule has 2 rings (SSSR count). The van der Waals surface area contributed by atoms with Crippen LogP contribution in [0.3, 0.4) is 0 Å². The largest absolute Gasteiger partial charge is 0.346 e. The summed E-state index contributed by atoms with van der Waals surface area (Å²) in [4.78, 5) is 24.4. The lowest BCUT2D eigenvalue weighted by atomic mass is 10.3. The van der Waals surface area contributed by atoms with Crippen molar-refractivity contribution in [3.05, 3.63) is 51.2 Å². The van der Waals surface area contributed by atoms with Gasteiger partial charge in [0, 0.05) is 22.7 Å². The zero-order valence-corrected chi connectivity index (χ0v) is 14.8. The van der Waals surface area contributed by atoms with E-state index in [2.05, 4.69) is 16.0 Å².